The van der Waals surface area contributed by atoms with E-state index < -0.39 is 11.7 Å². The first-order valence-corrected chi connectivity index (χ1v) is 11.4. The summed E-state index contributed by atoms with van der Waals surface area (Å²) in [6.45, 7) is 5.85. The quantitative estimate of drug-likeness (QED) is 0.344. The molecule has 1 amide bonds. The monoisotopic (exact) mass is 466 g/mol. The highest BCUT2D eigenvalue weighted by atomic mass is 16.6. The van der Waals surface area contributed by atoms with Crippen LogP contribution in [0.5, 0.6) is 0 Å². The third-order valence-corrected chi connectivity index (χ3v) is 5.29. The molecule has 0 atom stereocenters. The molecule has 0 fully saturated rings. The van der Waals surface area contributed by atoms with E-state index in [9.17, 15) is 4.79 Å². The molecule has 5 aromatic rings. The van der Waals surface area contributed by atoms with Crippen LogP contribution in [-0.2, 0) is 11.3 Å². The largest absolute Gasteiger partial charge is 0.444 e. The summed E-state index contributed by atoms with van der Waals surface area (Å²) >= 11 is 0. The Kier molecular flexibility index (Phi) is 5.78. The van der Waals surface area contributed by atoms with Gasteiger partial charge in [0, 0.05) is 17.8 Å². The lowest BCUT2D eigenvalue weighted by Crippen LogP contribution is -2.32. The maximum absolute atomic E-state index is 12.0. The van der Waals surface area contributed by atoms with Gasteiger partial charge in [-0.05, 0) is 50.6 Å². The lowest BCUT2D eigenvalue weighted by atomic mass is 10.2. The van der Waals surface area contributed by atoms with E-state index in [1.807, 2.05) is 104 Å². The Morgan fingerprint density at radius 3 is 2.51 bits per heavy atom. The van der Waals surface area contributed by atoms with E-state index >= 15 is 0 Å². The molecule has 0 saturated carbocycles. The number of para-hydroxylation sites is 2. The number of alkyl carbamates (subject to hydrolysis) is 1. The number of benzene rings is 3. The van der Waals surface area contributed by atoms with E-state index in [0.29, 0.717) is 18.0 Å². The average molecular weight is 467 g/mol. The Morgan fingerprint density at radius 1 is 0.943 bits per heavy atom. The number of amides is 1. The molecule has 0 aliphatic carbocycles. The number of hydrogen-bond donors (Lipinski definition) is 2. The minimum atomic E-state index is -0.544. The van der Waals surface area contributed by atoms with Crippen LogP contribution in [0.2, 0.25) is 0 Å². The summed E-state index contributed by atoms with van der Waals surface area (Å²) in [6, 6.07) is 25.6. The molecule has 8 nitrogen and oxygen atoms in total. The third kappa shape index (κ3) is 4.91. The van der Waals surface area contributed by atoms with Crippen LogP contribution in [0.4, 0.5) is 16.3 Å². The number of ether oxygens (including phenoxy) is 1. The van der Waals surface area contributed by atoms with Gasteiger partial charge in [-0.15, -0.1) is 10.2 Å². The fourth-order valence-electron chi connectivity index (χ4n) is 3.83. The SMILES string of the molecule is CC(C)(C)OC(=O)NCc1cccc(Nc2nc3ccccc3n3c(-c4ccccc4)nnc23)c1. The van der Waals surface area contributed by atoms with Gasteiger partial charge in [-0.25, -0.2) is 9.78 Å². The third-order valence-electron chi connectivity index (χ3n) is 5.29. The molecular formula is C27H26N6O2. The lowest BCUT2D eigenvalue weighted by Gasteiger charge is -2.19. The Morgan fingerprint density at radius 2 is 1.71 bits per heavy atom. The highest BCUT2D eigenvalue weighted by Crippen LogP contribution is 2.28. The zero-order valence-corrected chi connectivity index (χ0v) is 19.8. The Balaban J connectivity index is 1.48. The van der Waals surface area contributed by atoms with Crippen LogP contribution in [0, 0.1) is 0 Å². The molecule has 0 aliphatic rings. The predicted molar refractivity (Wildman–Crippen MR) is 137 cm³/mol. The number of fused-ring (bicyclic) bond motifs is 3. The summed E-state index contributed by atoms with van der Waals surface area (Å²) < 4.78 is 7.34. The van der Waals surface area contributed by atoms with Crippen LogP contribution < -0.4 is 10.6 Å². The van der Waals surface area contributed by atoms with Gasteiger partial charge in [-0.2, -0.15) is 0 Å². The molecule has 35 heavy (non-hydrogen) atoms. The molecular weight excluding hydrogens is 440 g/mol. The Labute approximate surface area is 203 Å². The maximum Gasteiger partial charge on any atom is 0.407 e. The second-order valence-electron chi connectivity index (χ2n) is 9.18. The molecule has 3 aromatic carbocycles. The van der Waals surface area contributed by atoms with Crippen molar-refractivity contribution in [1.29, 1.82) is 0 Å². The topological polar surface area (TPSA) is 93.4 Å². The van der Waals surface area contributed by atoms with Crippen LogP contribution in [-0.4, -0.2) is 31.3 Å². The van der Waals surface area contributed by atoms with Crippen LogP contribution in [0.15, 0.2) is 78.9 Å². The molecule has 0 unspecified atom stereocenters. The van der Waals surface area contributed by atoms with E-state index in [4.69, 9.17) is 9.72 Å². The Hall–Kier alpha value is -4.46. The molecule has 2 heterocycles. The van der Waals surface area contributed by atoms with Crippen molar-refractivity contribution in [1.82, 2.24) is 24.9 Å². The summed E-state index contributed by atoms with van der Waals surface area (Å²) in [5.41, 5.74) is 4.54. The number of anilines is 2. The number of carbonyl (C=O) groups is 1. The molecule has 2 aromatic heterocycles. The molecule has 5 rings (SSSR count). The maximum atomic E-state index is 12.0. The molecule has 0 radical (unpaired) electrons. The number of aromatic nitrogens is 4. The van der Waals surface area contributed by atoms with Crippen LogP contribution >= 0.6 is 0 Å². The molecule has 2 N–H and O–H groups in total. The van der Waals surface area contributed by atoms with Gasteiger partial charge in [0.15, 0.2) is 11.6 Å². The highest BCUT2D eigenvalue weighted by molar-refractivity contribution is 5.86. The van der Waals surface area contributed by atoms with Crippen LogP contribution in [0.25, 0.3) is 28.1 Å². The zero-order chi connectivity index (χ0) is 24.4. The van der Waals surface area contributed by atoms with Crippen molar-refractivity contribution < 1.29 is 9.53 Å². The van der Waals surface area contributed by atoms with Crippen molar-refractivity contribution >= 4 is 34.3 Å². The van der Waals surface area contributed by atoms with E-state index in [-0.39, 0.29) is 0 Å². The summed E-state index contributed by atoms with van der Waals surface area (Å²) in [5, 5.41) is 15.1. The van der Waals surface area contributed by atoms with Crippen molar-refractivity contribution in [2.45, 2.75) is 32.9 Å². The van der Waals surface area contributed by atoms with E-state index in [1.165, 1.54) is 0 Å². The van der Waals surface area contributed by atoms with Crippen molar-refractivity contribution in [2.24, 2.45) is 0 Å². The molecule has 0 aliphatic heterocycles. The van der Waals surface area contributed by atoms with Gasteiger partial charge >= 0.3 is 6.09 Å². The van der Waals surface area contributed by atoms with Gasteiger partial charge in [0.2, 0.25) is 5.65 Å². The number of rotatable bonds is 5. The second kappa shape index (κ2) is 9.06. The molecule has 0 bridgehead atoms. The van der Waals surface area contributed by atoms with Gasteiger partial charge in [0.05, 0.1) is 11.0 Å². The van der Waals surface area contributed by atoms with Crippen molar-refractivity contribution in [3.63, 3.8) is 0 Å². The summed E-state index contributed by atoms with van der Waals surface area (Å²) in [4.78, 5) is 16.8. The number of nitrogens with one attached hydrogen (secondary N) is 2. The first-order chi connectivity index (χ1) is 16.9. The lowest BCUT2D eigenvalue weighted by molar-refractivity contribution is 0.0523. The smallest absolute Gasteiger partial charge is 0.407 e. The van der Waals surface area contributed by atoms with Crippen molar-refractivity contribution in [2.75, 3.05) is 5.32 Å². The molecule has 176 valence electrons. The molecule has 8 heteroatoms. The van der Waals surface area contributed by atoms with Gasteiger partial charge in [-0.3, -0.25) is 4.40 Å². The fraction of sp³-hybridized carbons (Fsp3) is 0.185. The van der Waals surface area contributed by atoms with Crippen LogP contribution in [0.1, 0.15) is 26.3 Å². The highest BCUT2D eigenvalue weighted by Gasteiger charge is 2.17. The zero-order valence-electron chi connectivity index (χ0n) is 19.8. The van der Waals surface area contributed by atoms with E-state index in [2.05, 4.69) is 20.8 Å². The van der Waals surface area contributed by atoms with Crippen LogP contribution in [0.3, 0.4) is 0 Å². The van der Waals surface area contributed by atoms with Gasteiger partial charge in [0.25, 0.3) is 0 Å². The normalized spacial score (nSPS) is 11.5. The van der Waals surface area contributed by atoms with Gasteiger partial charge in [-0.1, -0.05) is 54.6 Å². The van der Waals surface area contributed by atoms with Crippen molar-refractivity contribution in [3.8, 4) is 11.4 Å². The van der Waals surface area contributed by atoms with E-state index in [1.54, 1.807) is 0 Å². The summed E-state index contributed by atoms with van der Waals surface area (Å²) in [5.74, 6) is 1.34. The number of hydrogen-bond acceptors (Lipinski definition) is 6. The van der Waals surface area contributed by atoms with Gasteiger partial charge < -0.3 is 15.4 Å². The van der Waals surface area contributed by atoms with Crippen molar-refractivity contribution in [3.05, 3.63) is 84.4 Å². The number of nitrogens with zero attached hydrogens (tertiary/aromatic N) is 4. The number of carbonyl (C=O) groups excluding carboxylic acids is 1. The minimum absolute atomic E-state index is 0.341. The van der Waals surface area contributed by atoms with Gasteiger partial charge in [0.1, 0.15) is 5.60 Å². The minimum Gasteiger partial charge on any atom is -0.444 e. The first-order valence-electron chi connectivity index (χ1n) is 11.4. The fourth-order valence-corrected chi connectivity index (χ4v) is 3.83. The van der Waals surface area contributed by atoms with E-state index in [0.717, 1.165) is 33.7 Å². The second-order valence-corrected chi connectivity index (χ2v) is 9.18. The first kappa shape index (κ1) is 22.3. The predicted octanol–water partition coefficient (Wildman–Crippen LogP) is 5.71. The standard InChI is InChI=1S/C27H26N6O2/c1-27(2,3)35-26(34)28-17-18-10-9-13-20(16-18)29-23-25-32-31-24(19-11-5-4-6-12-19)33(25)22-15-8-7-14-21(22)30-23/h4-16H,17H2,1-3H3,(H,28,34)(H,29,30). The average Bonchev–Trinajstić information content (AvgIpc) is 3.29. The molecule has 0 saturated heterocycles. The Bertz CT molecular complexity index is 1510. The summed E-state index contributed by atoms with van der Waals surface area (Å²) in [7, 11) is 0. The molecule has 0 spiro atoms. The summed E-state index contributed by atoms with van der Waals surface area (Å²) in [6.07, 6.45) is -0.453.